The van der Waals surface area contributed by atoms with E-state index in [1.165, 1.54) is 5.39 Å². The average molecular weight is 478 g/mol. The molecule has 0 aliphatic heterocycles. The quantitative estimate of drug-likeness (QED) is 0.250. The highest BCUT2D eigenvalue weighted by atomic mass is 16.5. The van der Waals surface area contributed by atoms with Crippen molar-refractivity contribution in [2.24, 2.45) is 0 Å². The fourth-order valence-corrected chi connectivity index (χ4v) is 5.38. The summed E-state index contributed by atoms with van der Waals surface area (Å²) in [6.45, 7) is 0. The predicted molar refractivity (Wildman–Crippen MR) is 147 cm³/mol. The lowest BCUT2D eigenvalue weighted by Crippen LogP contribution is -1.96. The summed E-state index contributed by atoms with van der Waals surface area (Å²) in [5.74, 6) is 2.37. The van der Waals surface area contributed by atoms with Crippen molar-refractivity contribution in [3.05, 3.63) is 116 Å². The molecule has 6 heteroatoms. The average Bonchev–Trinajstić information content (AvgIpc) is 3.57. The van der Waals surface area contributed by atoms with Gasteiger partial charge in [0.05, 0.1) is 16.6 Å². The van der Waals surface area contributed by atoms with Crippen LogP contribution in [0.3, 0.4) is 0 Å². The van der Waals surface area contributed by atoms with Crippen LogP contribution in [0.1, 0.15) is 0 Å². The molecular weight excluding hydrogens is 458 g/mol. The van der Waals surface area contributed by atoms with Crippen molar-refractivity contribution in [1.29, 1.82) is 0 Å². The first-order chi connectivity index (χ1) is 18.3. The lowest BCUT2D eigenvalue weighted by molar-refractivity contribution is 0.484. The highest BCUT2D eigenvalue weighted by Gasteiger charge is 2.15. The molecule has 0 atom stereocenters. The Labute approximate surface area is 211 Å². The van der Waals surface area contributed by atoms with Crippen LogP contribution in [0.5, 0.6) is 11.5 Å². The van der Waals surface area contributed by atoms with Gasteiger partial charge in [0.1, 0.15) is 23.6 Å². The third-order valence-electron chi connectivity index (χ3n) is 6.96. The first-order valence-electron chi connectivity index (χ1n) is 12.1. The van der Waals surface area contributed by atoms with E-state index in [2.05, 4.69) is 74.2 Å². The molecule has 37 heavy (non-hydrogen) atoms. The SMILES string of the molecule is c1ccc(-n2c3ccccc3c3ccc(Oc4ccc5c6ccccc6n6ncnc6c5c4)cc32)nc1. The molecule has 4 aromatic carbocycles. The Hall–Kier alpha value is -5.23. The van der Waals surface area contributed by atoms with Gasteiger partial charge >= 0.3 is 0 Å². The molecule has 0 fully saturated rings. The minimum Gasteiger partial charge on any atom is -0.457 e. The fraction of sp³-hybridized carbons (Fsp3) is 0. The fourth-order valence-electron chi connectivity index (χ4n) is 5.38. The summed E-state index contributed by atoms with van der Waals surface area (Å²) < 4.78 is 10.5. The van der Waals surface area contributed by atoms with E-state index in [9.17, 15) is 0 Å². The Kier molecular flexibility index (Phi) is 4.13. The maximum atomic E-state index is 6.43. The second kappa shape index (κ2) is 7.63. The van der Waals surface area contributed by atoms with E-state index in [0.29, 0.717) is 0 Å². The Morgan fingerprint density at radius 1 is 0.541 bits per heavy atom. The van der Waals surface area contributed by atoms with Crippen molar-refractivity contribution in [1.82, 2.24) is 24.1 Å². The van der Waals surface area contributed by atoms with E-state index in [-0.39, 0.29) is 0 Å². The second-order valence-corrected chi connectivity index (χ2v) is 9.04. The Balaban J connectivity index is 1.30. The second-order valence-electron chi connectivity index (χ2n) is 9.04. The number of rotatable bonds is 3. The van der Waals surface area contributed by atoms with E-state index < -0.39 is 0 Å². The van der Waals surface area contributed by atoms with Crippen molar-refractivity contribution in [3.63, 3.8) is 0 Å². The summed E-state index contributed by atoms with van der Waals surface area (Å²) >= 11 is 0. The molecule has 0 aliphatic rings. The molecule has 0 aliphatic carbocycles. The van der Waals surface area contributed by atoms with Gasteiger partial charge in [-0.3, -0.25) is 4.57 Å². The lowest BCUT2D eigenvalue weighted by atomic mass is 10.1. The molecule has 8 rings (SSSR count). The van der Waals surface area contributed by atoms with Crippen molar-refractivity contribution >= 4 is 49.1 Å². The number of aromatic nitrogens is 5. The summed E-state index contributed by atoms with van der Waals surface area (Å²) in [5.41, 5.74) is 4.00. The van der Waals surface area contributed by atoms with Crippen LogP contribution in [0, 0.1) is 0 Å². The van der Waals surface area contributed by atoms with Gasteiger partial charge in [0.25, 0.3) is 0 Å². The molecule has 8 aromatic rings. The highest BCUT2D eigenvalue weighted by molar-refractivity contribution is 6.12. The maximum Gasteiger partial charge on any atom is 0.163 e. The summed E-state index contributed by atoms with van der Waals surface area (Å²) in [6.07, 6.45) is 3.42. The normalized spacial score (nSPS) is 11.8. The zero-order valence-corrected chi connectivity index (χ0v) is 19.6. The Morgan fingerprint density at radius 2 is 1.24 bits per heavy atom. The standard InChI is InChI=1S/C31H19N5O/c1-3-9-27-24(8-1)25-15-13-21(18-29(25)35(27)30-11-5-6-16-32-30)37-20-12-14-22-23-7-2-4-10-28(23)36-31(26(22)17-20)33-19-34-36/h1-19H. The van der Waals surface area contributed by atoms with Crippen LogP contribution in [-0.2, 0) is 0 Å². The van der Waals surface area contributed by atoms with E-state index in [0.717, 1.165) is 61.1 Å². The minimum atomic E-state index is 0.743. The van der Waals surface area contributed by atoms with E-state index >= 15 is 0 Å². The van der Waals surface area contributed by atoms with Crippen LogP contribution in [0.15, 0.2) is 116 Å². The van der Waals surface area contributed by atoms with Crippen LogP contribution in [-0.4, -0.2) is 24.1 Å². The summed E-state index contributed by atoms with van der Waals surface area (Å²) in [5, 5.41) is 10.0. The van der Waals surface area contributed by atoms with Crippen molar-refractivity contribution < 1.29 is 4.74 Å². The molecule has 0 unspecified atom stereocenters. The number of hydrogen-bond donors (Lipinski definition) is 0. The van der Waals surface area contributed by atoms with Gasteiger partial charge in [-0.2, -0.15) is 5.10 Å². The zero-order valence-electron chi connectivity index (χ0n) is 19.6. The number of fused-ring (bicyclic) bond motifs is 9. The number of nitrogens with zero attached hydrogens (tertiary/aromatic N) is 5. The van der Waals surface area contributed by atoms with Crippen molar-refractivity contribution in [3.8, 4) is 17.3 Å². The smallest absolute Gasteiger partial charge is 0.163 e. The van der Waals surface area contributed by atoms with Crippen molar-refractivity contribution in [2.75, 3.05) is 0 Å². The van der Waals surface area contributed by atoms with Crippen molar-refractivity contribution in [2.45, 2.75) is 0 Å². The summed E-state index contributed by atoms with van der Waals surface area (Å²) in [7, 11) is 0. The molecule has 0 saturated carbocycles. The minimum absolute atomic E-state index is 0.743. The zero-order chi connectivity index (χ0) is 24.3. The van der Waals surface area contributed by atoms with Gasteiger partial charge in [-0.25, -0.2) is 14.5 Å². The van der Waals surface area contributed by atoms with E-state index in [1.54, 1.807) is 6.33 Å². The van der Waals surface area contributed by atoms with Gasteiger partial charge in [0.2, 0.25) is 0 Å². The maximum absolute atomic E-state index is 6.43. The third kappa shape index (κ3) is 2.96. The molecule has 0 bridgehead atoms. The number of para-hydroxylation sites is 2. The predicted octanol–water partition coefficient (Wildman–Crippen LogP) is 7.32. The van der Waals surface area contributed by atoms with Gasteiger partial charge < -0.3 is 4.74 Å². The summed E-state index contributed by atoms with van der Waals surface area (Å²) in [4.78, 5) is 9.17. The van der Waals surface area contributed by atoms with Gasteiger partial charge in [-0.1, -0.05) is 42.5 Å². The van der Waals surface area contributed by atoms with Gasteiger partial charge in [-0.05, 0) is 60.0 Å². The molecule has 0 amide bonds. The monoisotopic (exact) mass is 477 g/mol. The van der Waals surface area contributed by atoms with E-state index in [1.807, 2.05) is 59.2 Å². The number of pyridine rings is 2. The highest BCUT2D eigenvalue weighted by Crippen LogP contribution is 2.36. The largest absolute Gasteiger partial charge is 0.457 e. The molecule has 4 heterocycles. The molecule has 6 nitrogen and oxygen atoms in total. The lowest BCUT2D eigenvalue weighted by Gasteiger charge is -2.11. The molecule has 174 valence electrons. The molecule has 0 saturated heterocycles. The number of hydrogen-bond acceptors (Lipinski definition) is 4. The van der Waals surface area contributed by atoms with Crippen LogP contribution in [0.2, 0.25) is 0 Å². The number of ether oxygens (including phenoxy) is 1. The van der Waals surface area contributed by atoms with Gasteiger partial charge in [-0.15, -0.1) is 0 Å². The molecule has 0 spiro atoms. The Bertz CT molecular complexity index is 2130. The molecule has 0 radical (unpaired) electrons. The Morgan fingerprint density at radius 3 is 2.08 bits per heavy atom. The van der Waals surface area contributed by atoms with Crippen LogP contribution in [0.25, 0.3) is 54.9 Å². The van der Waals surface area contributed by atoms with Crippen LogP contribution >= 0.6 is 0 Å². The van der Waals surface area contributed by atoms with Gasteiger partial charge in [0.15, 0.2) is 5.65 Å². The first-order valence-corrected chi connectivity index (χ1v) is 12.1. The van der Waals surface area contributed by atoms with Crippen LogP contribution < -0.4 is 4.74 Å². The summed E-state index contributed by atoms with van der Waals surface area (Å²) in [6, 6.07) is 35.0. The molecule has 0 N–H and O–H groups in total. The number of benzene rings is 4. The van der Waals surface area contributed by atoms with E-state index in [4.69, 9.17) is 4.74 Å². The third-order valence-corrected chi connectivity index (χ3v) is 6.96. The first kappa shape index (κ1) is 20.0. The molecular formula is C31H19N5O. The molecule has 4 aromatic heterocycles. The van der Waals surface area contributed by atoms with Crippen LogP contribution in [0.4, 0.5) is 0 Å². The topological polar surface area (TPSA) is 57.2 Å². The van der Waals surface area contributed by atoms with Gasteiger partial charge in [0, 0.05) is 33.8 Å².